The molecule has 0 radical (unpaired) electrons. The summed E-state index contributed by atoms with van der Waals surface area (Å²) in [6.07, 6.45) is 4.61. The topological polar surface area (TPSA) is 50.4 Å². The van der Waals surface area contributed by atoms with Crippen molar-refractivity contribution in [1.82, 2.24) is 5.32 Å². The number of rotatable bonds is 3. The molecule has 2 amide bonds. The molecule has 1 aromatic rings. The van der Waals surface area contributed by atoms with Crippen LogP contribution in [0.2, 0.25) is 0 Å². The molecule has 2 N–H and O–H groups in total. The number of amides is 2. The van der Waals surface area contributed by atoms with E-state index < -0.39 is 0 Å². The van der Waals surface area contributed by atoms with E-state index in [-0.39, 0.29) is 6.03 Å². The number of nitrogens with one attached hydrogen (secondary N) is 2. The quantitative estimate of drug-likeness (QED) is 0.877. The summed E-state index contributed by atoms with van der Waals surface area (Å²) in [5.41, 5.74) is 2.86. The van der Waals surface area contributed by atoms with E-state index in [4.69, 9.17) is 4.74 Å². The van der Waals surface area contributed by atoms with Crippen LogP contribution in [0, 0.1) is 13.8 Å². The molecule has 2 rings (SSSR count). The first kappa shape index (κ1) is 13.7. The zero-order valence-corrected chi connectivity index (χ0v) is 11.9. The largest absolute Gasteiger partial charge is 0.496 e. The molecule has 1 aliphatic rings. The number of aryl methyl sites for hydroxylation is 2. The normalized spacial score (nSPS) is 15.3. The Morgan fingerprint density at radius 1 is 1.21 bits per heavy atom. The van der Waals surface area contributed by atoms with Gasteiger partial charge in [-0.05, 0) is 49.9 Å². The molecule has 0 atom stereocenters. The number of benzene rings is 1. The summed E-state index contributed by atoms with van der Waals surface area (Å²) in [6, 6.07) is 4.11. The van der Waals surface area contributed by atoms with Crippen molar-refractivity contribution in [2.45, 2.75) is 45.6 Å². The Morgan fingerprint density at radius 2 is 1.89 bits per heavy atom. The zero-order valence-electron chi connectivity index (χ0n) is 11.9. The van der Waals surface area contributed by atoms with Gasteiger partial charge in [-0.15, -0.1) is 0 Å². The third kappa shape index (κ3) is 3.40. The average molecular weight is 262 g/mol. The second kappa shape index (κ2) is 5.95. The maximum Gasteiger partial charge on any atom is 0.319 e. The standard InChI is InChI=1S/C15H22N2O2/c1-10-9-14(19-3)11(2)8-13(10)17-15(18)16-12-6-4-5-7-12/h8-9,12H,4-7H2,1-3H3,(H2,16,17,18). The predicted octanol–water partition coefficient (Wildman–Crippen LogP) is 3.38. The average Bonchev–Trinajstić information content (AvgIpc) is 2.86. The number of anilines is 1. The Kier molecular flexibility index (Phi) is 4.30. The highest BCUT2D eigenvalue weighted by atomic mass is 16.5. The molecule has 0 saturated heterocycles. The lowest BCUT2D eigenvalue weighted by Crippen LogP contribution is -2.36. The van der Waals surface area contributed by atoms with Gasteiger partial charge < -0.3 is 15.4 Å². The minimum absolute atomic E-state index is 0.112. The number of hydrogen-bond donors (Lipinski definition) is 2. The Labute approximate surface area is 114 Å². The molecule has 4 heteroatoms. The number of methoxy groups -OCH3 is 1. The molecular weight excluding hydrogens is 240 g/mol. The fraction of sp³-hybridized carbons (Fsp3) is 0.533. The second-order valence-corrected chi connectivity index (χ2v) is 5.22. The minimum Gasteiger partial charge on any atom is -0.496 e. The molecule has 1 aliphatic carbocycles. The number of carbonyl (C=O) groups is 1. The van der Waals surface area contributed by atoms with Gasteiger partial charge in [-0.2, -0.15) is 0 Å². The lowest BCUT2D eigenvalue weighted by Gasteiger charge is -2.15. The van der Waals surface area contributed by atoms with Crippen molar-refractivity contribution in [1.29, 1.82) is 0 Å². The van der Waals surface area contributed by atoms with Crippen LogP contribution in [0.1, 0.15) is 36.8 Å². The van der Waals surface area contributed by atoms with Crippen molar-refractivity contribution in [3.63, 3.8) is 0 Å². The predicted molar refractivity (Wildman–Crippen MR) is 76.9 cm³/mol. The first-order valence-corrected chi connectivity index (χ1v) is 6.83. The summed E-state index contributed by atoms with van der Waals surface area (Å²) in [4.78, 5) is 11.9. The van der Waals surface area contributed by atoms with Crippen LogP contribution in [-0.4, -0.2) is 19.2 Å². The molecule has 4 nitrogen and oxygen atoms in total. The van der Waals surface area contributed by atoms with Gasteiger partial charge in [0.25, 0.3) is 0 Å². The molecule has 0 spiro atoms. The molecule has 19 heavy (non-hydrogen) atoms. The lowest BCUT2D eigenvalue weighted by atomic mass is 10.1. The van der Waals surface area contributed by atoms with Gasteiger partial charge in [0.05, 0.1) is 7.11 Å². The fourth-order valence-electron chi connectivity index (χ4n) is 2.56. The van der Waals surface area contributed by atoms with Crippen molar-refractivity contribution in [2.24, 2.45) is 0 Å². The van der Waals surface area contributed by atoms with Crippen LogP contribution < -0.4 is 15.4 Å². The van der Waals surface area contributed by atoms with E-state index >= 15 is 0 Å². The molecule has 0 heterocycles. The van der Waals surface area contributed by atoms with E-state index in [1.807, 2.05) is 26.0 Å². The molecule has 0 aliphatic heterocycles. The summed E-state index contributed by atoms with van der Waals surface area (Å²) in [5, 5.41) is 5.94. The molecule has 0 unspecified atom stereocenters. The summed E-state index contributed by atoms with van der Waals surface area (Å²) in [5.74, 6) is 0.847. The van der Waals surface area contributed by atoms with Crippen LogP contribution in [0.25, 0.3) is 0 Å². The summed E-state index contributed by atoms with van der Waals surface area (Å²) in [7, 11) is 1.65. The summed E-state index contributed by atoms with van der Waals surface area (Å²) >= 11 is 0. The summed E-state index contributed by atoms with van der Waals surface area (Å²) < 4.78 is 5.27. The van der Waals surface area contributed by atoms with Gasteiger partial charge >= 0.3 is 6.03 Å². The molecular formula is C15H22N2O2. The van der Waals surface area contributed by atoms with Crippen LogP contribution >= 0.6 is 0 Å². The smallest absolute Gasteiger partial charge is 0.319 e. The van der Waals surface area contributed by atoms with Gasteiger partial charge in [-0.1, -0.05) is 12.8 Å². The van der Waals surface area contributed by atoms with Crippen molar-refractivity contribution >= 4 is 11.7 Å². The molecule has 1 aromatic carbocycles. The zero-order chi connectivity index (χ0) is 13.8. The van der Waals surface area contributed by atoms with Crippen molar-refractivity contribution in [3.8, 4) is 5.75 Å². The van der Waals surface area contributed by atoms with E-state index in [9.17, 15) is 4.79 Å². The third-order valence-corrected chi connectivity index (χ3v) is 3.68. The fourth-order valence-corrected chi connectivity index (χ4v) is 2.56. The highest BCUT2D eigenvalue weighted by Crippen LogP contribution is 2.26. The van der Waals surface area contributed by atoms with Crippen molar-refractivity contribution in [3.05, 3.63) is 23.3 Å². The highest BCUT2D eigenvalue weighted by Gasteiger charge is 2.17. The van der Waals surface area contributed by atoms with E-state index in [0.717, 1.165) is 35.4 Å². The van der Waals surface area contributed by atoms with Crippen molar-refractivity contribution < 1.29 is 9.53 Å². The van der Waals surface area contributed by atoms with Crippen LogP contribution in [-0.2, 0) is 0 Å². The van der Waals surface area contributed by atoms with Crippen LogP contribution in [0.3, 0.4) is 0 Å². The highest BCUT2D eigenvalue weighted by molar-refractivity contribution is 5.90. The maximum absolute atomic E-state index is 11.9. The van der Waals surface area contributed by atoms with Crippen LogP contribution in [0.15, 0.2) is 12.1 Å². The Morgan fingerprint density at radius 3 is 2.53 bits per heavy atom. The molecule has 0 aromatic heterocycles. The second-order valence-electron chi connectivity index (χ2n) is 5.22. The molecule has 104 valence electrons. The lowest BCUT2D eigenvalue weighted by molar-refractivity contribution is 0.248. The monoisotopic (exact) mass is 262 g/mol. The van der Waals surface area contributed by atoms with E-state index in [1.165, 1.54) is 12.8 Å². The number of urea groups is 1. The Balaban J connectivity index is 2.01. The van der Waals surface area contributed by atoms with Gasteiger partial charge in [0, 0.05) is 11.7 Å². The van der Waals surface area contributed by atoms with Gasteiger partial charge in [-0.25, -0.2) is 4.79 Å². The third-order valence-electron chi connectivity index (χ3n) is 3.68. The summed E-state index contributed by atoms with van der Waals surface area (Å²) in [6.45, 7) is 3.94. The first-order chi connectivity index (χ1) is 9.10. The van der Waals surface area contributed by atoms with Gasteiger partial charge in [0.2, 0.25) is 0 Å². The van der Waals surface area contributed by atoms with Gasteiger partial charge in [0.1, 0.15) is 5.75 Å². The van der Waals surface area contributed by atoms with Crippen molar-refractivity contribution in [2.75, 3.05) is 12.4 Å². The number of ether oxygens (including phenoxy) is 1. The molecule has 1 fully saturated rings. The van der Waals surface area contributed by atoms with E-state index in [1.54, 1.807) is 7.11 Å². The Hall–Kier alpha value is -1.71. The number of carbonyl (C=O) groups excluding carboxylic acids is 1. The Bertz CT molecular complexity index is 465. The minimum atomic E-state index is -0.112. The van der Waals surface area contributed by atoms with E-state index in [0.29, 0.717) is 6.04 Å². The van der Waals surface area contributed by atoms with Gasteiger partial charge in [0.15, 0.2) is 0 Å². The molecule has 0 bridgehead atoms. The molecule has 1 saturated carbocycles. The van der Waals surface area contributed by atoms with Crippen LogP contribution in [0.5, 0.6) is 5.75 Å². The first-order valence-electron chi connectivity index (χ1n) is 6.83. The van der Waals surface area contributed by atoms with E-state index in [2.05, 4.69) is 10.6 Å². The SMILES string of the molecule is COc1cc(C)c(NC(=O)NC2CCCC2)cc1C. The van der Waals surface area contributed by atoms with Crippen LogP contribution in [0.4, 0.5) is 10.5 Å². The maximum atomic E-state index is 11.9. The van der Waals surface area contributed by atoms with Gasteiger partial charge in [-0.3, -0.25) is 0 Å². The number of hydrogen-bond acceptors (Lipinski definition) is 2.